The molecule has 0 bridgehead atoms. The normalized spacial score (nSPS) is 14.0. The quantitative estimate of drug-likeness (QED) is 0.160. The molecule has 9 aromatic carbocycles. The maximum atomic E-state index is 2.60. The van der Waals surface area contributed by atoms with Gasteiger partial charge in [0.15, 0.2) is 8.07 Å². The average molecular weight is 802 g/mol. The van der Waals surface area contributed by atoms with Crippen LogP contribution in [-0.2, 0) is 0 Å². The summed E-state index contributed by atoms with van der Waals surface area (Å²) in [5, 5.41) is 5.63. The van der Waals surface area contributed by atoms with Crippen molar-refractivity contribution < 1.29 is 0 Å². The summed E-state index contributed by atoms with van der Waals surface area (Å²) in [7, 11) is -2.74. The lowest BCUT2D eigenvalue weighted by molar-refractivity contribution is 1.22. The highest BCUT2D eigenvalue weighted by Gasteiger charge is 2.49. The van der Waals surface area contributed by atoms with Crippen LogP contribution in [0.3, 0.4) is 0 Å². The maximum Gasteiger partial charge on any atom is 0.247 e. The van der Waals surface area contributed by atoms with Crippen molar-refractivity contribution in [2.24, 2.45) is 0 Å². The Labute approximate surface area is 355 Å². The molecule has 3 heterocycles. The van der Waals surface area contributed by atoms with Crippen LogP contribution in [0, 0.1) is 0 Å². The van der Waals surface area contributed by atoms with E-state index in [1.807, 2.05) is 23.5 Å². The molecule has 5 heteroatoms. The molecule has 1 nitrogen and oxygen atoms in total. The fraction of sp³-hybridized carbons (Fsp3) is 0. The van der Waals surface area contributed by atoms with Crippen LogP contribution in [0.15, 0.2) is 238 Å². The first-order valence-electron chi connectivity index (χ1n) is 20.3. The number of hydrogen-bond donors (Lipinski definition) is 0. The highest BCUT2D eigenvalue weighted by Crippen LogP contribution is 2.48. The Kier molecular flexibility index (Phi) is 8.22. The zero-order chi connectivity index (χ0) is 38.9. The first-order valence-corrected chi connectivity index (χ1v) is 23.9. The second-order valence-corrected chi connectivity index (χ2v) is 21.4. The smallest absolute Gasteiger partial charge is 0.247 e. The summed E-state index contributed by atoms with van der Waals surface area (Å²) in [6, 6.07) is 82.0. The third-order valence-electron chi connectivity index (χ3n) is 12.5. The van der Waals surface area contributed by atoms with Crippen LogP contribution in [0.2, 0.25) is 0 Å². The van der Waals surface area contributed by atoms with E-state index in [-0.39, 0.29) is 6.71 Å². The summed E-state index contributed by atoms with van der Waals surface area (Å²) in [6.45, 7) is 0.0807. The third kappa shape index (κ3) is 5.35. The molecule has 0 aromatic heterocycles. The van der Waals surface area contributed by atoms with E-state index in [0.29, 0.717) is 0 Å². The average Bonchev–Trinajstić information content (AvgIpc) is 3.32. The van der Waals surface area contributed by atoms with Crippen LogP contribution in [0.1, 0.15) is 0 Å². The summed E-state index contributed by atoms with van der Waals surface area (Å²) in [5.74, 6) is 0. The van der Waals surface area contributed by atoms with Crippen LogP contribution < -0.4 is 42.0 Å². The SMILES string of the molecule is c1ccc(-c2ccc3c(c2)B2c4cc(-c5ccccc5)ccc4Sc4c(N5c6ccccc6[Si](c6ccccc6)(c6ccccc6)c6ccccc65)ccc(c42)S3)cc1. The Bertz CT molecular complexity index is 2930. The number of hydrogen-bond acceptors (Lipinski definition) is 3. The van der Waals surface area contributed by atoms with E-state index in [1.165, 1.54) is 96.0 Å². The molecule has 0 unspecified atom stereocenters. The number of rotatable bonds is 5. The minimum atomic E-state index is -2.74. The van der Waals surface area contributed by atoms with Gasteiger partial charge in [0.1, 0.15) is 0 Å². The van der Waals surface area contributed by atoms with E-state index in [9.17, 15) is 0 Å². The number of nitrogens with zero attached hydrogens (tertiary/aromatic N) is 1. The van der Waals surface area contributed by atoms with Gasteiger partial charge in [0.05, 0.1) is 5.69 Å². The van der Waals surface area contributed by atoms with Gasteiger partial charge in [-0.3, -0.25) is 0 Å². The molecule has 0 saturated carbocycles. The van der Waals surface area contributed by atoms with Crippen molar-refractivity contribution in [3.63, 3.8) is 0 Å². The van der Waals surface area contributed by atoms with Crippen LogP contribution in [0.4, 0.5) is 17.1 Å². The van der Waals surface area contributed by atoms with Gasteiger partial charge in [0.2, 0.25) is 6.71 Å². The van der Waals surface area contributed by atoms with E-state index in [4.69, 9.17) is 0 Å². The standard InChI is InChI=1S/C54H36BNS2Si/c1-5-17-37(18-6-1)39-29-32-48-43(35-39)55-44-36-40(38-19-7-2-8-20-38)30-33-49(44)58-54-47(31-34-50(57-48)53(54)55)56-45-25-13-15-27-51(45)59(41-21-9-3-10-22-41,42-23-11-4-12-24-42)52-28-16-14-26-46(52)56/h1-36H. The lowest BCUT2D eigenvalue weighted by atomic mass is 9.36. The van der Waals surface area contributed by atoms with Crippen LogP contribution >= 0.6 is 23.5 Å². The van der Waals surface area contributed by atoms with E-state index in [1.54, 1.807) is 0 Å². The molecular formula is C54H36BNS2Si. The van der Waals surface area contributed by atoms with Crippen molar-refractivity contribution in [2.75, 3.05) is 4.90 Å². The zero-order valence-electron chi connectivity index (χ0n) is 32.1. The monoisotopic (exact) mass is 801 g/mol. The van der Waals surface area contributed by atoms with Crippen LogP contribution in [0.5, 0.6) is 0 Å². The highest BCUT2D eigenvalue weighted by molar-refractivity contribution is 8.01. The van der Waals surface area contributed by atoms with Gasteiger partial charge in [-0.1, -0.05) is 216 Å². The molecule has 0 atom stereocenters. The maximum absolute atomic E-state index is 2.74. The van der Waals surface area contributed by atoms with E-state index in [2.05, 4.69) is 223 Å². The molecule has 59 heavy (non-hydrogen) atoms. The number of anilines is 3. The predicted octanol–water partition coefficient (Wildman–Crippen LogP) is 9.63. The Morgan fingerprint density at radius 3 is 1.32 bits per heavy atom. The second-order valence-electron chi connectivity index (χ2n) is 15.6. The van der Waals surface area contributed by atoms with Gasteiger partial charge in [-0.2, -0.15) is 0 Å². The van der Waals surface area contributed by atoms with Gasteiger partial charge in [-0.05, 0) is 84.9 Å². The van der Waals surface area contributed by atoms with Gasteiger partial charge in [0.25, 0.3) is 0 Å². The first-order chi connectivity index (χ1) is 29.3. The van der Waals surface area contributed by atoms with Crippen molar-refractivity contribution in [3.05, 3.63) is 218 Å². The van der Waals surface area contributed by atoms with Crippen molar-refractivity contribution in [3.8, 4) is 22.3 Å². The molecular weight excluding hydrogens is 766 g/mol. The number of fused-ring (bicyclic) bond motifs is 6. The van der Waals surface area contributed by atoms with Crippen LogP contribution in [0.25, 0.3) is 22.3 Å². The zero-order valence-corrected chi connectivity index (χ0v) is 34.8. The van der Waals surface area contributed by atoms with E-state index >= 15 is 0 Å². The summed E-state index contributed by atoms with van der Waals surface area (Å²) in [5.41, 5.74) is 13.0. The van der Waals surface area contributed by atoms with Crippen molar-refractivity contribution in [1.29, 1.82) is 0 Å². The van der Waals surface area contributed by atoms with Gasteiger partial charge >= 0.3 is 0 Å². The molecule has 9 aromatic rings. The van der Waals surface area contributed by atoms with Crippen molar-refractivity contribution in [1.82, 2.24) is 0 Å². The minimum absolute atomic E-state index is 0.0807. The molecule has 3 aliphatic heterocycles. The van der Waals surface area contributed by atoms with Crippen LogP contribution in [-0.4, -0.2) is 14.8 Å². The summed E-state index contributed by atoms with van der Waals surface area (Å²) < 4.78 is 0. The van der Waals surface area contributed by atoms with E-state index in [0.717, 1.165) is 0 Å². The van der Waals surface area contributed by atoms with Gasteiger partial charge in [0, 0.05) is 31.0 Å². The molecule has 0 fully saturated rings. The minimum Gasteiger partial charge on any atom is -0.310 e. The lowest BCUT2D eigenvalue weighted by Crippen LogP contribution is -2.77. The summed E-state index contributed by atoms with van der Waals surface area (Å²) >= 11 is 3.87. The number of benzene rings is 9. The lowest BCUT2D eigenvalue weighted by Gasteiger charge is -2.46. The van der Waals surface area contributed by atoms with Gasteiger partial charge in [-0.15, -0.1) is 0 Å². The Morgan fingerprint density at radius 1 is 0.356 bits per heavy atom. The molecule has 0 amide bonds. The Balaban J connectivity index is 1.12. The fourth-order valence-corrected chi connectivity index (χ4v) is 17.5. The molecule has 276 valence electrons. The highest BCUT2D eigenvalue weighted by atomic mass is 32.2. The molecule has 0 N–H and O–H groups in total. The van der Waals surface area contributed by atoms with Crippen molar-refractivity contribution >= 4 is 92.5 Å². The second kappa shape index (κ2) is 14.0. The van der Waals surface area contributed by atoms with Gasteiger partial charge in [-0.25, -0.2) is 0 Å². The Hall–Kier alpha value is -6.24. The first kappa shape index (κ1) is 34.8. The molecule has 0 spiro atoms. The fourth-order valence-electron chi connectivity index (χ4n) is 9.95. The third-order valence-corrected chi connectivity index (χ3v) is 19.7. The topological polar surface area (TPSA) is 3.24 Å². The predicted molar refractivity (Wildman–Crippen MR) is 255 cm³/mol. The number of para-hydroxylation sites is 2. The largest absolute Gasteiger partial charge is 0.310 e. The van der Waals surface area contributed by atoms with E-state index < -0.39 is 8.07 Å². The summed E-state index contributed by atoms with van der Waals surface area (Å²) in [6.07, 6.45) is 0. The molecule has 0 saturated heterocycles. The molecule has 3 aliphatic rings. The van der Waals surface area contributed by atoms with Gasteiger partial charge < -0.3 is 4.90 Å². The van der Waals surface area contributed by atoms with Crippen molar-refractivity contribution in [2.45, 2.75) is 19.6 Å². The molecule has 0 aliphatic carbocycles. The molecule has 12 rings (SSSR count). The summed E-state index contributed by atoms with van der Waals surface area (Å²) in [4.78, 5) is 7.94. The molecule has 0 radical (unpaired) electrons. The Morgan fingerprint density at radius 2 is 0.797 bits per heavy atom.